The summed E-state index contributed by atoms with van der Waals surface area (Å²) in [6, 6.07) is 6.62. The zero-order valence-corrected chi connectivity index (χ0v) is 19.6. The molecular weight excluding hydrogens is 416 g/mol. The summed E-state index contributed by atoms with van der Waals surface area (Å²) < 4.78 is 28.0. The molecule has 0 radical (unpaired) electrons. The summed E-state index contributed by atoms with van der Waals surface area (Å²) in [6.07, 6.45) is -1.92. The molecule has 2 unspecified atom stereocenters. The predicted octanol–water partition coefficient (Wildman–Crippen LogP) is 2.81. The summed E-state index contributed by atoms with van der Waals surface area (Å²) in [4.78, 5) is 26.5. The molecular formula is C23H36N2O7. The SMILES string of the molecule is CCOc1ccccc1OCC1CN(C(=O)OC(OC(=O)[C@H](N)C(C)C)C(C)C)CCO1. The summed E-state index contributed by atoms with van der Waals surface area (Å²) in [6.45, 7) is 11.0. The second kappa shape index (κ2) is 12.5. The third-order valence-electron chi connectivity index (χ3n) is 4.95. The maximum absolute atomic E-state index is 12.7. The van der Waals surface area contributed by atoms with Crippen LogP contribution in [0.25, 0.3) is 0 Å². The van der Waals surface area contributed by atoms with Gasteiger partial charge in [-0.1, -0.05) is 39.8 Å². The number of benzene rings is 1. The van der Waals surface area contributed by atoms with Gasteiger partial charge >= 0.3 is 12.1 Å². The molecule has 1 amide bonds. The van der Waals surface area contributed by atoms with Crippen LogP contribution in [0.15, 0.2) is 24.3 Å². The van der Waals surface area contributed by atoms with Gasteiger partial charge in [0, 0.05) is 12.5 Å². The van der Waals surface area contributed by atoms with Crippen molar-refractivity contribution in [3.05, 3.63) is 24.3 Å². The third kappa shape index (κ3) is 7.56. The van der Waals surface area contributed by atoms with Crippen LogP contribution in [0, 0.1) is 11.8 Å². The van der Waals surface area contributed by atoms with Gasteiger partial charge in [0.2, 0.25) is 0 Å². The first-order valence-corrected chi connectivity index (χ1v) is 11.1. The summed E-state index contributed by atoms with van der Waals surface area (Å²) in [5.41, 5.74) is 5.85. The van der Waals surface area contributed by atoms with Crippen molar-refractivity contribution < 1.29 is 33.3 Å². The van der Waals surface area contributed by atoms with Crippen molar-refractivity contribution in [2.45, 2.75) is 53.1 Å². The normalized spacial score (nSPS) is 18.2. The second-order valence-electron chi connectivity index (χ2n) is 8.33. The third-order valence-corrected chi connectivity index (χ3v) is 4.95. The first kappa shape index (κ1) is 25.7. The summed E-state index contributed by atoms with van der Waals surface area (Å²) in [7, 11) is 0. The molecule has 180 valence electrons. The number of hydrogen-bond donors (Lipinski definition) is 1. The van der Waals surface area contributed by atoms with Gasteiger partial charge in [-0.15, -0.1) is 0 Å². The van der Waals surface area contributed by atoms with Crippen molar-refractivity contribution >= 4 is 12.1 Å². The van der Waals surface area contributed by atoms with Gasteiger partial charge in [0.1, 0.15) is 18.8 Å². The Morgan fingerprint density at radius 1 is 1.09 bits per heavy atom. The lowest BCUT2D eigenvalue weighted by atomic mass is 10.1. The van der Waals surface area contributed by atoms with E-state index in [-0.39, 0.29) is 24.5 Å². The fraction of sp³-hybridized carbons (Fsp3) is 0.652. The van der Waals surface area contributed by atoms with E-state index in [0.717, 1.165) is 0 Å². The molecule has 2 N–H and O–H groups in total. The smallest absolute Gasteiger partial charge is 0.413 e. The van der Waals surface area contributed by atoms with Crippen LogP contribution < -0.4 is 15.2 Å². The van der Waals surface area contributed by atoms with Gasteiger partial charge in [0.05, 0.1) is 19.8 Å². The lowest BCUT2D eigenvalue weighted by molar-refractivity contribution is -0.180. The minimum Gasteiger partial charge on any atom is -0.490 e. The minimum absolute atomic E-state index is 0.0844. The molecule has 1 saturated heterocycles. The topological polar surface area (TPSA) is 110 Å². The van der Waals surface area contributed by atoms with Gasteiger partial charge in [-0.3, -0.25) is 4.79 Å². The molecule has 32 heavy (non-hydrogen) atoms. The minimum atomic E-state index is -1.02. The number of carbonyl (C=O) groups excluding carboxylic acids is 2. The Morgan fingerprint density at radius 3 is 2.34 bits per heavy atom. The number of nitrogens with zero attached hydrogens (tertiary/aromatic N) is 1. The van der Waals surface area contributed by atoms with Crippen LogP contribution in [0.2, 0.25) is 0 Å². The van der Waals surface area contributed by atoms with Gasteiger partial charge in [-0.2, -0.15) is 0 Å². The van der Waals surface area contributed by atoms with E-state index < -0.39 is 24.4 Å². The van der Waals surface area contributed by atoms with Crippen molar-refractivity contribution in [1.29, 1.82) is 0 Å². The monoisotopic (exact) mass is 452 g/mol. The Bertz CT molecular complexity index is 741. The van der Waals surface area contributed by atoms with Crippen molar-refractivity contribution in [3.63, 3.8) is 0 Å². The zero-order chi connectivity index (χ0) is 23.7. The van der Waals surface area contributed by atoms with E-state index in [9.17, 15) is 9.59 Å². The van der Waals surface area contributed by atoms with Crippen molar-refractivity contribution in [2.24, 2.45) is 17.6 Å². The van der Waals surface area contributed by atoms with Crippen LogP contribution in [0.4, 0.5) is 4.79 Å². The molecule has 1 aromatic rings. The average Bonchev–Trinajstić information content (AvgIpc) is 2.77. The number of ether oxygens (including phenoxy) is 5. The van der Waals surface area contributed by atoms with E-state index in [1.807, 2.05) is 45.0 Å². The highest BCUT2D eigenvalue weighted by atomic mass is 16.7. The highest BCUT2D eigenvalue weighted by molar-refractivity contribution is 5.76. The number of hydrogen-bond acceptors (Lipinski definition) is 8. The highest BCUT2D eigenvalue weighted by Crippen LogP contribution is 2.27. The number of morpholine rings is 1. The average molecular weight is 453 g/mol. The van der Waals surface area contributed by atoms with Crippen LogP contribution in [-0.2, 0) is 19.0 Å². The Labute approximate surface area is 190 Å². The fourth-order valence-corrected chi connectivity index (χ4v) is 2.95. The molecule has 1 heterocycles. The van der Waals surface area contributed by atoms with E-state index in [2.05, 4.69) is 0 Å². The highest BCUT2D eigenvalue weighted by Gasteiger charge is 2.31. The fourth-order valence-electron chi connectivity index (χ4n) is 2.95. The predicted molar refractivity (Wildman–Crippen MR) is 118 cm³/mol. The van der Waals surface area contributed by atoms with Crippen LogP contribution in [-0.4, -0.2) is 68.3 Å². The number of rotatable bonds is 10. The molecule has 1 fully saturated rings. The number of amides is 1. The van der Waals surface area contributed by atoms with Gasteiger partial charge in [-0.05, 0) is 25.0 Å². The van der Waals surface area contributed by atoms with Crippen molar-refractivity contribution in [3.8, 4) is 11.5 Å². The molecule has 1 aliphatic heterocycles. The molecule has 0 spiro atoms. The van der Waals surface area contributed by atoms with E-state index in [1.54, 1.807) is 13.8 Å². The summed E-state index contributed by atoms with van der Waals surface area (Å²) in [5.74, 6) is 0.373. The maximum atomic E-state index is 12.7. The van der Waals surface area contributed by atoms with E-state index in [4.69, 9.17) is 29.4 Å². The van der Waals surface area contributed by atoms with Crippen LogP contribution in [0.5, 0.6) is 11.5 Å². The standard InChI is InChI=1S/C23H36N2O7/c1-6-28-18-9-7-8-10-19(18)30-14-17-13-25(11-12-29-17)23(27)32-22(16(4)5)31-21(26)20(24)15(2)3/h7-10,15-17,20,22H,6,11-14,24H2,1-5H3/t17?,20-,22?/m1/s1. The van der Waals surface area contributed by atoms with Gasteiger partial charge in [-0.25, -0.2) is 4.79 Å². The number of nitrogens with two attached hydrogens (primary N) is 1. The second-order valence-corrected chi connectivity index (χ2v) is 8.33. The van der Waals surface area contributed by atoms with Crippen LogP contribution in [0.1, 0.15) is 34.6 Å². The molecule has 3 atom stereocenters. The Kier molecular flexibility index (Phi) is 10.1. The van der Waals surface area contributed by atoms with E-state index >= 15 is 0 Å². The van der Waals surface area contributed by atoms with Crippen molar-refractivity contribution in [1.82, 2.24) is 4.90 Å². The molecule has 1 aromatic carbocycles. The molecule has 9 nitrogen and oxygen atoms in total. The van der Waals surface area contributed by atoms with E-state index in [1.165, 1.54) is 4.90 Å². The molecule has 1 aliphatic rings. The lowest BCUT2D eigenvalue weighted by Crippen LogP contribution is -2.49. The Balaban J connectivity index is 1.91. The quantitative estimate of drug-likeness (QED) is 0.426. The molecule has 9 heteroatoms. The molecule has 2 rings (SSSR count). The lowest BCUT2D eigenvalue weighted by Gasteiger charge is -2.33. The number of esters is 1. The largest absolute Gasteiger partial charge is 0.490 e. The molecule has 0 bridgehead atoms. The van der Waals surface area contributed by atoms with Crippen LogP contribution in [0.3, 0.4) is 0 Å². The zero-order valence-electron chi connectivity index (χ0n) is 19.6. The van der Waals surface area contributed by atoms with Gasteiger partial charge in [0.25, 0.3) is 6.29 Å². The van der Waals surface area contributed by atoms with Crippen molar-refractivity contribution in [2.75, 3.05) is 32.9 Å². The summed E-state index contributed by atoms with van der Waals surface area (Å²) in [5, 5.41) is 0. The van der Waals surface area contributed by atoms with Gasteiger partial charge < -0.3 is 34.3 Å². The Hall–Kier alpha value is -2.52. The number of para-hydroxylation sites is 2. The first-order chi connectivity index (χ1) is 15.2. The molecule has 0 saturated carbocycles. The Morgan fingerprint density at radius 2 is 1.75 bits per heavy atom. The number of carbonyl (C=O) groups is 2. The molecule has 0 aliphatic carbocycles. The van der Waals surface area contributed by atoms with E-state index in [0.29, 0.717) is 37.8 Å². The van der Waals surface area contributed by atoms with Crippen LogP contribution >= 0.6 is 0 Å². The maximum Gasteiger partial charge on any atom is 0.413 e. The first-order valence-electron chi connectivity index (χ1n) is 11.1. The van der Waals surface area contributed by atoms with Gasteiger partial charge in [0.15, 0.2) is 11.5 Å². The molecule has 0 aromatic heterocycles. The summed E-state index contributed by atoms with van der Waals surface area (Å²) >= 11 is 0.